The van der Waals surface area contributed by atoms with E-state index in [1.54, 1.807) is 0 Å². The molecule has 0 bridgehead atoms. The minimum Gasteiger partial charge on any atom is -0.0683 e. The fourth-order valence-corrected chi connectivity index (χ4v) is 0. The van der Waals surface area contributed by atoms with Gasteiger partial charge < -0.3 is 0 Å². The van der Waals surface area contributed by atoms with E-state index >= 15 is 0 Å². The van der Waals surface area contributed by atoms with Gasteiger partial charge in [0.2, 0.25) is 0 Å². The van der Waals surface area contributed by atoms with Gasteiger partial charge in [-0.3, -0.25) is 0 Å². The second kappa shape index (κ2) is 104. The summed E-state index contributed by atoms with van der Waals surface area (Å²) in [7, 11) is 0. The van der Waals surface area contributed by atoms with Gasteiger partial charge in [0.25, 0.3) is 0 Å². The maximum Gasteiger partial charge on any atom is -0.0500 e. The van der Waals surface area contributed by atoms with Crippen molar-refractivity contribution in [2.75, 3.05) is 0 Å². The normalized spacial score (nSPS) is 6.27. The van der Waals surface area contributed by atoms with E-state index in [-0.39, 0.29) is 0 Å². The molecule has 0 nitrogen and oxygen atoms in total. The van der Waals surface area contributed by atoms with Gasteiger partial charge in [-0.05, 0) is 17.8 Å². The van der Waals surface area contributed by atoms with Crippen LogP contribution in [-0.4, -0.2) is 0 Å². The Labute approximate surface area is 149 Å². The molecule has 0 aliphatic carbocycles. The highest BCUT2D eigenvalue weighted by atomic mass is 13.8. The summed E-state index contributed by atoms with van der Waals surface area (Å²) in [5.41, 5.74) is 0. The van der Waals surface area contributed by atoms with Gasteiger partial charge in [-0.2, -0.15) is 0 Å². The van der Waals surface area contributed by atoms with Gasteiger partial charge >= 0.3 is 0 Å². The number of hydrogen-bond acceptors (Lipinski definition) is 0. The first kappa shape index (κ1) is 49.5. The molecule has 0 aromatic heterocycles. The van der Waals surface area contributed by atoms with E-state index in [1.807, 2.05) is 69.2 Å². The largest absolute Gasteiger partial charge is 0.0683 e. The monoisotopic (exact) mass is 324 g/mol. The molecule has 0 radical (unpaired) electrons. The van der Waals surface area contributed by atoms with Gasteiger partial charge in [0.15, 0.2) is 0 Å². The molecule has 0 spiro atoms. The molecule has 0 heterocycles. The predicted octanol–water partition coefficient (Wildman–Crippen LogP) is 10.1. The van der Waals surface area contributed by atoms with Gasteiger partial charge in [0, 0.05) is 0 Å². The molecule has 0 aromatic rings. The second-order valence-electron chi connectivity index (χ2n) is 5.20. The summed E-state index contributed by atoms with van der Waals surface area (Å²) < 4.78 is 0. The fourth-order valence-electron chi connectivity index (χ4n) is 0. The van der Waals surface area contributed by atoms with Gasteiger partial charge in [0.1, 0.15) is 0 Å². The highest BCUT2D eigenvalue weighted by Crippen LogP contribution is 1.81. The average Bonchev–Trinajstić information content (AvgIpc) is 2.47. The lowest BCUT2D eigenvalue weighted by Gasteiger charge is -1.79. The second-order valence-corrected chi connectivity index (χ2v) is 5.20. The predicted molar refractivity (Wildman–Crippen MR) is 118 cm³/mol. The van der Waals surface area contributed by atoms with Crippen molar-refractivity contribution in [1.82, 2.24) is 0 Å². The molecule has 0 rings (SSSR count). The molecule has 148 valence electrons. The summed E-state index contributed by atoms with van der Waals surface area (Å²) in [5.74, 6) is 2.50. The van der Waals surface area contributed by atoms with E-state index < -0.39 is 0 Å². The Kier molecular flexibility index (Phi) is 233. The molecule has 0 aliphatic rings. The van der Waals surface area contributed by atoms with Crippen LogP contribution in [0.3, 0.4) is 0 Å². The van der Waals surface area contributed by atoms with Crippen molar-refractivity contribution in [3.05, 3.63) is 0 Å². The van der Waals surface area contributed by atoms with Crippen molar-refractivity contribution >= 4 is 0 Å². The van der Waals surface area contributed by atoms with Crippen LogP contribution in [0.1, 0.15) is 132 Å². The van der Waals surface area contributed by atoms with Crippen LogP contribution in [0, 0.1) is 17.8 Å². The standard InChI is InChI=1S/3C4H10.5C2H6/c3*1-4(2)3;5*1-2/h3*4H,1-3H3;5*1-2H3. The van der Waals surface area contributed by atoms with E-state index in [0.717, 1.165) is 17.8 Å². The third-order valence-electron chi connectivity index (χ3n) is 0. The zero-order valence-corrected chi connectivity index (χ0v) is 20.7. The van der Waals surface area contributed by atoms with Crippen molar-refractivity contribution in [3.8, 4) is 0 Å². The Bertz CT molecular complexity index is 28.5. The first-order valence-corrected chi connectivity index (χ1v) is 10.2. The maximum absolute atomic E-state index is 2.17. The lowest BCUT2D eigenvalue weighted by atomic mass is 10.3. The fraction of sp³-hybridized carbons (Fsp3) is 1.00. The topological polar surface area (TPSA) is 0 Å². The van der Waals surface area contributed by atoms with E-state index in [4.69, 9.17) is 0 Å². The Morgan fingerprint density at radius 2 is 0.227 bits per heavy atom. The first-order valence-electron chi connectivity index (χ1n) is 10.2. The minimum absolute atomic E-state index is 0.833. The summed E-state index contributed by atoms with van der Waals surface area (Å²) in [6, 6.07) is 0. The quantitative estimate of drug-likeness (QED) is 0.415. The van der Waals surface area contributed by atoms with Crippen LogP contribution in [0.15, 0.2) is 0 Å². The summed E-state index contributed by atoms with van der Waals surface area (Å²) in [5, 5.41) is 0. The molecular formula is C22H60. The van der Waals surface area contributed by atoms with Crippen LogP contribution in [-0.2, 0) is 0 Å². The molecular weight excluding hydrogens is 264 g/mol. The molecule has 0 amide bonds. The molecule has 0 unspecified atom stereocenters. The van der Waals surface area contributed by atoms with Gasteiger partial charge in [-0.1, -0.05) is 132 Å². The molecule has 0 aromatic carbocycles. The molecule has 0 N–H and O–H groups in total. The van der Waals surface area contributed by atoms with E-state index in [2.05, 4.69) is 62.3 Å². The lowest BCUT2D eigenvalue weighted by Crippen LogP contribution is -1.66. The Balaban J connectivity index is -0.0000000175. The SMILES string of the molecule is CC.CC.CC.CC.CC.CC(C)C.CC(C)C.CC(C)C. The van der Waals surface area contributed by atoms with E-state index in [1.165, 1.54) is 0 Å². The van der Waals surface area contributed by atoms with Crippen LogP contribution in [0.2, 0.25) is 0 Å². The van der Waals surface area contributed by atoms with Gasteiger partial charge in [-0.25, -0.2) is 0 Å². The van der Waals surface area contributed by atoms with Crippen molar-refractivity contribution in [3.63, 3.8) is 0 Å². The highest BCUT2D eigenvalue weighted by molar-refractivity contribution is 4.21. The molecule has 0 saturated carbocycles. The highest BCUT2D eigenvalue weighted by Gasteiger charge is 1.68. The van der Waals surface area contributed by atoms with E-state index in [0.29, 0.717) is 0 Å². The van der Waals surface area contributed by atoms with E-state index in [9.17, 15) is 0 Å². The molecule has 0 heteroatoms. The van der Waals surface area contributed by atoms with Crippen LogP contribution >= 0.6 is 0 Å². The van der Waals surface area contributed by atoms with Crippen LogP contribution in [0.4, 0.5) is 0 Å². The molecule has 0 fully saturated rings. The number of rotatable bonds is 0. The lowest BCUT2D eigenvalue weighted by molar-refractivity contribution is 0.736. The molecule has 0 saturated heterocycles. The summed E-state index contributed by atoms with van der Waals surface area (Å²) in [6.45, 7) is 39.5. The Morgan fingerprint density at radius 3 is 0.227 bits per heavy atom. The third-order valence-corrected chi connectivity index (χ3v) is 0. The van der Waals surface area contributed by atoms with Crippen LogP contribution in [0.5, 0.6) is 0 Å². The summed E-state index contributed by atoms with van der Waals surface area (Å²) >= 11 is 0. The minimum atomic E-state index is 0.833. The summed E-state index contributed by atoms with van der Waals surface area (Å²) in [4.78, 5) is 0. The maximum atomic E-state index is 2.17. The van der Waals surface area contributed by atoms with Gasteiger partial charge in [0.05, 0.1) is 0 Å². The van der Waals surface area contributed by atoms with Crippen molar-refractivity contribution < 1.29 is 0 Å². The smallest absolute Gasteiger partial charge is 0.0500 e. The molecule has 0 aliphatic heterocycles. The first-order chi connectivity index (χ1) is 10.2. The molecule has 0 atom stereocenters. The zero-order chi connectivity index (χ0) is 20.7. The summed E-state index contributed by atoms with van der Waals surface area (Å²) in [6.07, 6.45) is 0. The van der Waals surface area contributed by atoms with Gasteiger partial charge in [-0.15, -0.1) is 0 Å². The zero-order valence-electron chi connectivity index (χ0n) is 20.7. The van der Waals surface area contributed by atoms with Crippen molar-refractivity contribution in [2.45, 2.75) is 132 Å². The third kappa shape index (κ3) is 0. The number of hydrogen-bond donors (Lipinski definition) is 0. The molecule has 22 heavy (non-hydrogen) atoms. The van der Waals surface area contributed by atoms with Crippen LogP contribution < -0.4 is 0 Å². The van der Waals surface area contributed by atoms with Crippen molar-refractivity contribution in [2.24, 2.45) is 17.8 Å². The van der Waals surface area contributed by atoms with Crippen molar-refractivity contribution in [1.29, 1.82) is 0 Å². The van der Waals surface area contributed by atoms with Crippen LogP contribution in [0.25, 0.3) is 0 Å². The average molecular weight is 325 g/mol. The Morgan fingerprint density at radius 1 is 0.227 bits per heavy atom. The Hall–Kier alpha value is 0.